The van der Waals surface area contributed by atoms with Crippen molar-refractivity contribution in [2.45, 2.75) is 69.4 Å². The van der Waals surface area contributed by atoms with Crippen LogP contribution in [0.15, 0.2) is 0 Å². The topological polar surface area (TPSA) is 21.3 Å². The monoisotopic (exact) mass is 237 g/mol. The molecule has 0 aromatic carbocycles. The van der Waals surface area contributed by atoms with Crippen molar-refractivity contribution >= 4 is 0 Å². The molecule has 2 nitrogen and oxygen atoms in total. The zero-order chi connectivity index (χ0) is 11.7. The highest BCUT2D eigenvalue weighted by Gasteiger charge is 2.44. The molecule has 3 aliphatic rings. The van der Waals surface area contributed by atoms with E-state index in [1.807, 2.05) is 0 Å². The highest BCUT2D eigenvalue weighted by molar-refractivity contribution is 4.96. The van der Waals surface area contributed by atoms with Crippen LogP contribution < -0.4 is 5.32 Å². The first-order chi connectivity index (χ1) is 8.31. The summed E-state index contributed by atoms with van der Waals surface area (Å²) in [5.74, 6) is 1.93. The van der Waals surface area contributed by atoms with Gasteiger partial charge in [-0.15, -0.1) is 0 Å². The van der Waals surface area contributed by atoms with E-state index < -0.39 is 0 Å². The Morgan fingerprint density at radius 2 is 1.94 bits per heavy atom. The fraction of sp³-hybridized carbons (Fsp3) is 1.00. The van der Waals surface area contributed by atoms with Gasteiger partial charge in [-0.1, -0.05) is 12.8 Å². The molecule has 1 aliphatic heterocycles. The Hall–Kier alpha value is -0.0800. The van der Waals surface area contributed by atoms with Crippen molar-refractivity contribution in [3.8, 4) is 0 Å². The van der Waals surface area contributed by atoms with Crippen LogP contribution in [0, 0.1) is 11.8 Å². The molecule has 0 amide bonds. The Morgan fingerprint density at radius 3 is 2.65 bits per heavy atom. The molecule has 3 rings (SSSR count). The third kappa shape index (κ3) is 2.39. The summed E-state index contributed by atoms with van der Waals surface area (Å²) in [6, 6.07) is 0.786. The summed E-state index contributed by atoms with van der Waals surface area (Å²) in [7, 11) is 2.13. The predicted molar refractivity (Wildman–Crippen MR) is 70.1 cm³/mol. The van der Waals surface area contributed by atoms with Crippen molar-refractivity contribution in [1.29, 1.82) is 0 Å². The maximum atomic E-state index is 6.06. The van der Waals surface area contributed by atoms with Crippen LogP contribution in [0.4, 0.5) is 0 Å². The van der Waals surface area contributed by atoms with Gasteiger partial charge in [0.05, 0.1) is 5.60 Å². The summed E-state index contributed by atoms with van der Waals surface area (Å²) in [5, 5.41) is 3.49. The first-order valence-electron chi connectivity index (χ1n) is 7.62. The number of nitrogens with one attached hydrogen (secondary N) is 1. The lowest BCUT2D eigenvalue weighted by molar-refractivity contribution is -0.151. The summed E-state index contributed by atoms with van der Waals surface area (Å²) in [6.45, 7) is 1.03. The minimum absolute atomic E-state index is 0.343. The van der Waals surface area contributed by atoms with E-state index in [9.17, 15) is 0 Å². The number of rotatable bonds is 2. The summed E-state index contributed by atoms with van der Waals surface area (Å²) in [6.07, 6.45) is 12.5. The molecule has 0 bridgehead atoms. The van der Waals surface area contributed by atoms with E-state index in [0.717, 1.165) is 24.5 Å². The first-order valence-corrected chi connectivity index (χ1v) is 7.62. The van der Waals surface area contributed by atoms with E-state index in [1.54, 1.807) is 0 Å². The van der Waals surface area contributed by atoms with Crippen LogP contribution in [0.5, 0.6) is 0 Å². The second kappa shape index (κ2) is 4.89. The van der Waals surface area contributed by atoms with Gasteiger partial charge in [0.15, 0.2) is 0 Å². The molecule has 1 heterocycles. The van der Waals surface area contributed by atoms with Gasteiger partial charge in [0.1, 0.15) is 0 Å². The summed E-state index contributed by atoms with van der Waals surface area (Å²) >= 11 is 0. The average molecular weight is 237 g/mol. The zero-order valence-corrected chi connectivity index (χ0v) is 11.2. The van der Waals surface area contributed by atoms with Gasteiger partial charge in [0, 0.05) is 12.6 Å². The van der Waals surface area contributed by atoms with Crippen molar-refractivity contribution in [3.05, 3.63) is 0 Å². The highest BCUT2D eigenvalue weighted by Crippen LogP contribution is 2.48. The predicted octanol–water partition coefficient (Wildman–Crippen LogP) is 3.11. The SMILES string of the molecule is CNC1CCCC(C2CCOC3(CCC3)C2)C1. The molecular formula is C15H27NO. The van der Waals surface area contributed by atoms with Crippen molar-refractivity contribution in [1.82, 2.24) is 5.32 Å². The van der Waals surface area contributed by atoms with Crippen molar-refractivity contribution in [2.75, 3.05) is 13.7 Å². The molecule has 2 aliphatic carbocycles. The zero-order valence-electron chi connectivity index (χ0n) is 11.2. The quantitative estimate of drug-likeness (QED) is 0.797. The fourth-order valence-corrected chi connectivity index (χ4v) is 4.31. The molecule has 0 radical (unpaired) electrons. The lowest BCUT2D eigenvalue weighted by Gasteiger charge is -2.49. The van der Waals surface area contributed by atoms with Crippen LogP contribution in [-0.4, -0.2) is 25.3 Å². The van der Waals surface area contributed by atoms with Crippen LogP contribution in [0.3, 0.4) is 0 Å². The maximum absolute atomic E-state index is 6.06. The van der Waals surface area contributed by atoms with Gasteiger partial charge in [0.2, 0.25) is 0 Å². The largest absolute Gasteiger partial charge is 0.375 e. The van der Waals surface area contributed by atoms with E-state index in [4.69, 9.17) is 4.74 Å². The lowest BCUT2D eigenvalue weighted by Crippen LogP contribution is -2.47. The molecule has 0 aromatic heterocycles. The van der Waals surface area contributed by atoms with Crippen molar-refractivity contribution in [3.63, 3.8) is 0 Å². The molecule has 3 fully saturated rings. The standard InChI is InChI=1S/C15H27NO/c1-16-14-5-2-4-12(10-14)13-6-9-17-15(11-13)7-3-8-15/h12-14,16H,2-11H2,1H3. The van der Waals surface area contributed by atoms with Gasteiger partial charge >= 0.3 is 0 Å². The van der Waals surface area contributed by atoms with Gasteiger partial charge < -0.3 is 10.1 Å². The Kier molecular flexibility index (Phi) is 3.45. The molecule has 3 atom stereocenters. The van der Waals surface area contributed by atoms with Gasteiger partial charge in [-0.25, -0.2) is 0 Å². The minimum atomic E-state index is 0.343. The normalized spacial score (nSPS) is 41.1. The summed E-state index contributed by atoms with van der Waals surface area (Å²) in [5.41, 5.74) is 0.343. The first kappa shape index (κ1) is 12.0. The van der Waals surface area contributed by atoms with E-state index in [-0.39, 0.29) is 0 Å². The minimum Gasteiger partial charge on any atom is -0.375 e. The van der Waals surface area contributed by atoms with Gasteiger partial charge in [-0.05, 0) is 63.8 Å². The van der Waals surface area contributed by atoms with Crippen LogP contribution in [0.1, 0.15) is 57.8 Å². The molecule has 2 heteroatoms. The number of ether oxygens (including phenoxy) is 1. The van der Waals surface area contributed by atoms with E-state index >= 15 is 0 Å². The average Bonchev–Trinajstić information content (AvgIpc) is 2.37. The molecule has 1 N–H and O–H groups in total. The third-order valence-corrected chi connectivity index (χ3v) is 5.59. The molecular weight excluding hydrogens is 210 g/mol. The smallest absolute Gasteiger partial charge is 0.0685 e. The maximum Gasteiger partial charge on any atom is 0.0685 e. The Bertz CT molecular complexity index is 262. The van der Waals surface area contributed by atoms with Crippen LogP contribution in [0.2, 0.25) is 0 Å². The van der Waals surface area contributed by atoms with E-state index in [1.165, 1.54) is 57.8 Å². The van der Waals surface area contributed by atoms with Gasteiger partial charge in [-0.2, -0.15) is 0 Å². The molecule has 0 aromatic rings. The Labute approximate surface area is 105 Å². The van der Waals surface area contributed by atoms with Crippen LogP contribution in [-0.2, 0) is 4.74 Å². The number of hydrogen-bond acceptors (Lipinski definition) is 2. The molecule has 17 heavy (non-hydrogen) atoms. The Balaban J connectivity index is 1.59. The highest BCUT2D eigenvalue weighted by atomic mass is 16.5. The molecule has 3 unspecified atom stereocenters. The van der Waals surface area contributed by atoms with Gasteiger partial charge in [-0.3, -0.25) is 0 Å². The molecule has 98 valence electrons. The van der Waals surface area contributed by atoms with Gasteiger partial charge in [0.25, 0.3) is 0 Å². The molecule has 1 spiro atoms. The van der Waals surface area contributed by atoms with Crippen LogP contribution >= 0.6 is 0 Å². The second-order valence-electron chi connectivity index (χ2n) is 6.55. The molecule has 2 saturated carbocycles. The van der Waals surface area contributed by atoms with Crippen molar-refractivity contribution < 1.29 is 4.74 Å². The Morgan fingerprint density at radius 1 is 1.06 bits per heavy atom. The summed E-state index contributed by atoms with van der Waals surface area (Å²) < 4.78 is 6.06. The van der Waals surface area contributed by atoms with E-state index in [0.29, 0.717) is 5.60 Å². The number of hydrogen-bond donors (Lipinski definition) is 1. The second-order valence-corrected chi connectivity index (χ2v) is 6.55. The van der Waals surface area contributed by atoms with E-state index in [2.05, 4.69) is 12.4 Å². The third-order valence-electron chi connectivity index (χ3n) is 5.59. The lowest BCUT2D eigenvalue weighted by atomic mass is 9.66. The summed E-state index contributed by atoms with van der Waals surface area (Å²) in [4.78, 5) is 0. The molecule has 1 saturated heterocycles. The fourth-order valence-electron chi connectivity index (χ4n) is 4.31. The van der Waals surface area contributed by atoms with Crippen molar-refractivity contribution in [2.24, 2.45) is 11.8 Å². The van der Waals surface area contributed by atoms with Crippen LogP contribution in [0.25, 0.3) is 0 Å².